The second kappa shape index (κ2) is 7.26. The first-order valence-corrected chi connectivity index (χ1v) is 8.40. The van der Waals surface area contributed by atoms with Crippen LogP contribution >= 0.6 is 0 Å². The summed E-state index contributed by atoms with van der Waals surface area (Å²) in [6.45, 7) is 9.35. The van der Waals surface area contributed by atoms with E-state index < -0.39 is 0 Å². The van der Waals surface area contributed by atoms with Crippen molar-refractivity contribution < 1.29 is 0 Å². The van der Waals surface area contributed by atoms with E-state index in [0.29, 0.717) is 12.1 Å². The van der Waals surface area contributed by atoms with Crippen LogP contribution in [0.2, 0.25) is 0 Å². The number of nitrogens with one attached hydrogen (secondary N) is 1. The standard InChI is InChI=1S/C19H31N/c1-14(2)12-17(13-15(3)4)20-19-11-7-9-16-8-5-6-10-18(16)19/h5-6,8,10,14-15,17,19-20H,7,9,11-13H2,1-4H3. The van der Waals surface area contributed by atoms with Gasteiger partial charge in [-0.1, -0.05) is 52.0 Å². The molecule has 1 atom stereocenters. The van der Waals surface area contributed by atoms with Gasteiger partial charge in [0.05, 0.1) is 0 Å². The Bertz CT molecular complexity index is 398. The van der Waals surface area contributed by atoms with Crippen molar-refractivity contribution in [1.29, 1.82) is 0 Å². The SMILES string of the molecule is CC(C)CC(CC(C)C)NC1CCCc2ccccc21. The van der Waals surface area contributed by atoms with Gasteiger partial charge in [0.25, 0.3) is 0 Å². The second-order valence-electron chi connectivity index (χ2n) is 7.27. The molecule has 0 bridgehead atoms. The molecular formula is C19H31N. The predicted octanol–water partition coefficient (Wildman–Crippen LogP) is 5.11. The Labute approximate surface area is 125 Å². The molecule has 1 nitrogen and oxygen atoms in total. The summed E-state index contributed by atoms with van der Waals surface area (Å²) in [6.07, 6.45) is 6.45. The van der Waals surface area contributed by atoms with Crippen molar-refractivity contribution in [2.75, 3.05) is 0 Å². The summed E-state index contributed by atoms with van der Waals surface area (Å²) >= 11 is 0. The van der Waals surface area contributed by atoms with Crippen molar-refractivity contribution in [1.82, 2.24) is 5.32 Å². The zero-order valence-corrected chi connectivity index (χ0v) is 13.7. The van der Waals surface area contributed by atoms with E-state index >= 15 is 0 Å². The van der Waals surface area contributed by atoms with Crippen LogP contribution in [0.15, 0.2) is 24.3 Å². The van der Waals surface area contributed by atoms with E-state index in [1.54, 1.807) is 11.1 Å². The minimum Gasteiger partial charge on any atom is -0.307 e. The lowest BCUT2D eigenvalue weighted by atomic mass is 9.86. The highest BCUT2D eigenvalue weighted by Gasteiger charge is 2.23. The minimum absolute atomic E-state index is 0.572. The normalized spacial score (nSPS) is 18.9. The van der Waals surface area contributed by atoms with Gasteiger partial charge < -0.3 is 5.32 Å². The van der Waals surface area contributed by atoms with Crippen LogP contribution in [0.5, 0.6) is 0 Å². The van der Waals surface area contributed by atoms with E-state index in [9.17, 15) is 0 Å². The molecule has 1 aliphatic rings. The van der Waals surface area contributed by atoms with Gasteiger partial charge in [0.2, 0.25) is 0 Å². The van der Waals surface area contributed by atoms with E-state index in [0.717, 1.165) is 11.8 Å². The van der Waals surface area contributed by atoms with Gasteiger partial charge in [-0.05, 0) is 55.1 Å². The molecule has 2 rings (SSSR count). The van der Waals surface area contributed by atoms with Crippen molar-refractivity contribution in [2.45, 2.75) is 71.9 Å². The molecule has 0 aromatic heterocycles. The van der Waals surface area contributed by atoms with Gasteiger partial charge in [-0.3, -0.25) is 0 Å². The van der Waals surface area contributed by atoms with Crippen molar-refractivity contribution in [3.63, 3.8) is 0 Å². The zero-order valence-electron chi connectivity index (χ0n) is 13.7. The zero-order chi connectivity index (χ0) is 14.5. The average Bonchev–Trinajstić information content (AvgIpc) is 2.37. The average molecular weight is 273 g/mol. The third-order valence-corrected chi connectivity index (χ3v) is 4.32. The van der Waals surface area contributed by atoms with Crippen molar-refractivity contribution >= 4 is 0 Å². The van der Waals surface area contributed by atoms with Crippen LogP contribution in [0.3, 0.4) is 0 Å². The Morgan fingerprint density at radius 2 is 1.70 bits per heavy atom. The first kappa shape index (κ1) is 15.6. The molecule has 1 N–H and O–H groups in total. The fourth-order valence-electron chi connectivity index (χ4n) is 3.58. The summed E-state index contributed by atoms with van der Waals surface area (Å²) in [7, 11) is 0. The van der Waals surface area contributed by atoms with Crippen LogP contribution < -0.4 is 5.32 Å². The summed E-state index contributed by atoms with van der Waals surface area (Å²) in [5.41, 5.74) is 3.11. The third kappa shape index (κ3) is 4.34. The Kier molecular flexibility index (Phi) is 5.65. The summed E-state index contributed by atoms with van der Waals surface area (Å²) in [5.74, 6) is 1.54. The van der Waals surface area contributed by atoms with E-state index in [4.69, 9.17) is 0 Å². The molecule has 0 aliphatic heterocycles. The number of benzene rings is 1. The second-order valence-corrected chi connectivity index (χ2v) is 7.27. The third-order valence-electron chi connectivity index (χ3n) is 4.32. The largest absolute Gasteiger partial charge is 0.307 e. The highest BCUT2D eigenvalue weighted by Crippen LogP contribution is 2.31. The molecule has 0 saturated carbocycles. The molecule has 0 fully saturated rings. The molecule has 1 aromatic rings. The minimum atomic E-state index is 0.572. The molecule has 0 amide bonds. The molecule has 112 valence electrons. The van der Waals surface area contributed by atoms with Crippen LogP contribution in [0.25, 0.3) is 0 Å². The number of aryl methyl sites for hydroxylation is 1. The molecule has 1 aliphatic carbocycles. The number of hydrogen-bond acceptors (Lipinski definition) is 1. The Balaban J connectivity index is 2.07. The molecule has 0 saturated heterocycles. The van der Waals surface area contributed by atoms with Crippen molar-refractivity contribution in [2.24, 2.45) is 11.8 Å². The Hall–Kier alpha value is -0.820. The fourth-order valence-corrected chi connectivity index (χ4v) is 3.58. The van der Waals surface area contributed by atoms with Gasteiger partial charge in [0, 0.05) is 12.1 Å². The van der Waals surface area contributed by atoms with Crippen LogP contribution in [0.1, 0.15) is 70.5 Å². The summed E-state index contributed by atoms with van der Waals surface area (Å²) in [4.78, 5) is 0. The van der Waals surface area contributed by atoms with Gasteiger partial charge >= 0.3 is 0 Å². The van der Waals surface area contributed by atoms with Crippen molar-refractivity contribution in [3.05, 3.63) is 35.4 Å². The highest BCUT2D eigenvalue weighted by molar-refractivity contribution is 5.32. The fraction of sp³-hybridized carbons (Fsp3) is 0.684. The van der Waals surface area contributed by atoms with Crippen molar-refractivity contribution in [3.8, 4) is 0 Å². The van der Waals surface area contributed by atoms with Crippen LogP contribution in [0, 0.1) is 11.8 Å². The van der Waals surface area contributed by atoms with Gasteiger partial charge in [0.15, 0.2) is 0 Å². The Morgan fingerprint density at radius 3 is 2.35 bits per heavy atom. The molecule has 1 unspecified atom stereocenters. The molecule has 0 heterocycles. The lowest BCUT2D eigenvalue weighted by Gasteiger charge is -2.32. The lowest BCUT2D eigenvalue weighted by molar-refractivity contribution is 0.312. The summed E-state index contributed by atoms with van der Waals surface area (Å²) < 4.78 is 0. The summed E-state index contributed by atoms with van der Waals surface area (Å²) in [5, 5.41) is 3.97. The maximum atomic E-state index is 3.97. The predicted molar refractivity (Wildman–Crippen MR) is 88.0 cm³/mol. The Morgan fingerprint density at radius 1 is 1.05 bits per heavy atom. The molecule has 20 heavy (non-hydrogen) atoms. The van der Waals surface area contributed by atoms with Gasteiger partial charge in [-0.15, -0.1) is 0 Å². The smallest absolute Gasteiger partial charge is 0.0325 e. The number of fused-ring (bicyclic) bond motifs is 1. The molecular weight excluding hydrogens is 242 g/mol. The topological polar surface area (TPSA) is 12.0 Å². The van der Waals surface area contributed by atoms with E-state index in [-0.39, 0.29) is 0 Å². The number of rotatable bonds is 6. The lowest BCUT2D eigenvalue weighted by Crippen LogP contribution is -2.36. The first-order valence-electron chi connectivity index (χ1n) is 8.40. The quantitative estimate of drug-likeness (QED) is 0.759. The molecule has 0 radical (unpaired) electrons. The van der Waals surface area contributed by atoms with Crippen LogP contribution in [0.4, 0.5) is 0 Å². The molecule has 1 heteroatoms. The first-order chi connectivity index (χ1) is 9.56. The summed E-state index contributed by atoms with van der Waals surface area (Å²) in [6, 6.07) is 10.2. The maximum Gasteiger partial charge on any atom is 0.0325 e. The monoisotopic (exact) mass is 273 g/mol. The molecule has 1 aromatic carbocycles. The van der Waals surface area contributed by atoms with Crippen LogP contribution in [-0.2, 0) is 6.42 Å². The van der Waals surface area contributed by atoms with Gasteiger partial charge in [-0.25, -0.2) is 0 Å². The van der Waals surface area contributed by atoms with Gasteiger partial charge in [-0.2, -0.15) is 0 Å². The van der Waals surface area contributed by atoms with Gasteiger partial charge in [0.1, 0.15) is 0 Å². The number of hydrogen-bond donors (Lipinski definition) is 1. The molecule has 0 spiro atoms. The highest BCUT2D eigenvalue weighted by atomic mass is 15.0. The van der Waals surface area contributed by atoms with Crippen LogP contribution in [-0.4, -0.2) is 6.04 Å². The van der Waals surface area contributed by atoms with E-state index in [2.05, 4.69) is 57.3 Å². The van der Waals surface area contributed by atoms with E-state index in [1.165, 1.54) is 32.1 Å². The van der Waals surface area contributed by atoms with E-state index in [1.807, 2.05) is 0 Å². The maximum absolute atomic E-state index is 3.97.